The summed E-state index contributed by atoms with van der Waals surface area (Å²) in [6.45, 7) is 9.31. The van der Waals surface area contributed by atoms with Gasteiger partial charge in [0.1, 0.15) is 5.01 Å². The van der Waals surface area contributed by atoms with E-state index >= 15 is 0 Å². The molecule has 0 bridgehead atoms. The van der Waals surface area contributed by atoms with Gasteiger partial charge in [0.15, 0.2) is 0 Å². The third-order valence-electron chi connectivity index (χ3n) is 1.78. The van der Waals surface area contributed by atoms with E-state index in [4.69, 9.17) is 5.84 Å². The van der Waals surface area contributed by atoms with E-state index < -0.39 is 0 Å². The molecule has 3 N–H and O–H groups in total. The summed E-state index contributed by atoms with van der Waals surface area (Å²) in [7, 11) is 0. The Morgan fingerprint density at radius 2 is 2.08 bits per heavy atom. The van der Waals surface area contributed by atoms with Crippen molar-refractivity contribution in [3.8, 4) is 0 Å². The van der Waals surface area contributed by atoms with Crippen LogP contribution in [0.1, 0.15) is 36.3 Å². The summed E-state index contributed by atoms with van der Waals surface area (Å²) >= 11 is 1.74. The molecule has 0 amide bonds. The fraction of sp³-hybridized carbons (Fsp3) is 0.667. The molecule has 0 unspecified atom stereocenters. The van der Waals surface area contributed by atoms with E-state index in [1.165, 1.54) is 4.88 Å². The van der Waals surface area contributed by atoms with Gasteiger partial charge in [0.2, 0.25) is 0 Å². The van der Waals surface area contributed by atoms with Gasteiger partial charge in [-0.2, -0.15) is 0 Å². The molecule has 1 rings (SSSR count). The second-order valence-electron chi connectivity index (χ2n) is 4.15. The average Bonchev–Trinajstić information content (AvgIpc) is 2.30. The van der Waals surface area contributed by atoms with Crippen LogP contribution in [0.25, 0.3) is 0 Å². The van der Waals surface area contributed by atoms with E-state index in [0.29, 0.717) is 6.54 Å². The first-order chi connectivity index (χ1) is 5.95. The second kappa shape index (κ2) is 3.74. The number of hydrogen-bond acceptors (Lipinski definition) is 4. The summed E-state index contributed by atoms with van der Waals surface area (Å²) in [5.41, 5.74) is 3.94. The number of nitrogens with zero attached hydrogens (tertiary/aromatic N) is 1. The van der Waals surface area contributed by atoms with Crippen LogP contribution in [0.3, 0.4) is 0 Å². The van der Waals surface area contributed by atoms with Crippen LogP contribution in [0.5, 0.6) is 0 Å². The molecule has 0 saturated heterocycles. The summed E-state index contributed by atoms with van der Waals surface area (Å²) in [4.78, 5) is 5.79. The second-order valence-corrected chi connectivity index (χ2v) is 5.24. The number of aryl methyl sites for hydroxylation is 1. The molecule has 3 nitrogen and oxygen atoms in total. The van der Waals surface area contributed by atoms with E-state index in [0.717, 1.165) is 10.7 Å². The first-order valence-corrected chi connectivity index (χ1v) is 5.17. The predicted molar refractivity (Wildman–Crippen MR) is 56.6 cm³/mol. The highest BCUT2D eigenvalue weighted by Crippen LogP contribution is 2.30. The van der Waals surface area contributed by atoms with Crippen LogP contribution in [0, 0.1) is 6.92 Å². The van der Waals surface area contributed by atoms with Crippen LogP contribution < -0.4 is 11.3 Å². The number of aromatic nitrogens is 1. The first-order valence-electron chi connectivity index (χ1n) is 4.35. The summed E-state index contributed by atoms with van der Waals surface area (Å²) < 4.78 is 0. The minimum atomic E-state index is 0.189. The van der Waals surface area contributed by atoms with Crippen molar-refractivity contribution in [2.24, 2.45) is 5.84 Å². The highest BCUT2D eigenvalue weighted by Gasteiger charge is 2.20. The third kappa shape index (κ3) is 2.49. The Hall–Kier alpha value is -0.450. The van der Waals surface area contributed by atoms with Crippen molar-refractivity contribution in [1.29, 1.82) is 0 Å². The maximum absolute atomic E-state index is 5.25. The Morgan fingerprint density at radius 1 is 1.46 bits per heavy atom. The van der Waals surface area contributed by atoms with Crippen LogP contribution in [0.2, 0.25) is 0 Å². The monoisotopic (exact) mass is 199 g/mol. The molecule has 13 heavy (non-hydrogen) atoms. The molecule has 0 aliphatic carbocycles. The molecule has 4 heteroatoms. The maximum Gasteiger partial charge on any atom is 0.108 e. The minimum absolute atomic E-state index is 0.189. The lowest BCUT2D eigenvalue weighted by Crippen LogP contribution is -2.20. The van der Waals surface area contributed by atoms with Crippen molar-refractivity contribution in [3.63, 3.8) is 0 Å². The lowest BCUT2D eigenvalue weighted by Gasteiger charge is -2.16. The zero-order valence-electron chi connectivity index (χ0n) is 8.64. The van der Waals surface area contributed by atoms with E-state index in [-0.39, 0.29) is 5.41 Å². The average molecular weight is 199 g/mol. The van der Waals surface area contributed by atoms with Crippen LogP contribution in [0.15, 0.2) is 0 Å². The van der Waals surface area contributed by atoms with E-state index in [1.807, 2.05) is 0 Å². The molecule has 0 fully saturated rings. The van der Waals surface area contributed by atoms with Gasteiger partial charge in [-0.1, -0.05) is 20.8 Å². The standard InChI is InChI=1S/C9H17N3S/c1-6-8(9(2,3)4)13-7(12-6)5-11-10/h11H,5,10H2,1-4H3. The predicted octanol–water partition coefficient (Wildman–Crippen LogP) is 1.71. The van der Waals surface area contributed by atoms with Crippen molar-refractivity contribution in [2.75, 3.05) is 0 Å². The first kappa shape index (κ1) is 10.6. The summed E-state index contributed by atoms with van der Waals surface area (Å²) in [6.07, 6.45) is 0. The molecule has 74 valence electrons. The third-order valence-corrected chi connectivity index (χ3v) is 3.36. The van der Waals surface area contributed by atoms with Gasteiger partial charge in [-0.05, 0) is 12.3 Å². The lowest BCUT2D eigenvalue weighted by molar-refractivity contribution is 0.598. The van der Waals surface area contributed by atoms with Gasteiger partial charge in [0.25, 0.3) is 0 Å². The van der Waals surface area contributed by atoms with E-state index in [9.17, 15) is 0 Å². The molecule has 0 aromatic carbocycles. The van der Waals surface area contributed by atoms with Crippen LogP contribution in [0.4, 0.5) is 0 Å². The summed E-state index contributed by atoms with van der Waals surface area (Å²) in [5.74, 6) is 5.25. The number of rotatable bonds is 2. The molecule has 0 saturated carbocycles. The molecule has 0 aliphatic heterocycles. The summed E-state index contributed by atoms with van der Waals surface area (Å²) in [5, 5.41) is 1.06. The van der Waals surface area contributed by atoms with Crippen molar-refractivity contribution in [3.05, 3.63) is 15.6 Å². The number of nitrogens with two attached hydrogens (primary N) is 1. The highest BCUT2D eigenvalue weighted by atomic mass is 32.1. The molecule has 1 aromatic heterocycles. The number of nitrogens with one attached hydrogen (secondary N) is 1. The minimum Gasteiger partial charge on any atom is -0.271 e. The fourth-order valence-corrected chi connectivity index (χ4v) is 2.38. The SMILES string of the molecule is Cc1nc(CNN)sc1C(C)(C)C. The van der Waals surface area contributed by atoms with Gasteiger partial charge in [0.05, 0.1) is 12.2 Å². The number of hydrazine groups is 1. The van der Waals surface area contributed by atoms with Gasteiger partial charge in [0, 0.05) is 4.88 Å². The molecular weight excluding hydrogens is 182 g/mol. The quantitative estimate of drug-likeness (QED) is 0.563. The van der Waals surface area contributed by atoms with Crippen molar-refractivity contribution in [1.82, 2.24) is 10.4 Å². The summed E-state index contributed by atoms with van der Waals surface area (Å²) in [6, 6.07) is 0. The van der Waals surface area contributed by atoms with Crippen molar-refractivity contribution < 1.29 is 0 Å². The van der Waals surface area contributed by atoms with Crippen LogP contribution in [-0.4, -0.2) is 4.98 Å². The highest BCUT2D eigenvalue weighted by molar-refractivity contribution is 7.11. The topological polar surface area (TPSA) is 50.9 Å². The Labute approximate surface area is 83.3 Å². The zero-order valence-corrected chi connectivity index (χ0v) is 9.46. The lowest BCUT2D eigenvalue weighted by atomic mass is 9.94. The fourth-order valence-electron chi connectivity index (χ4n) is 1.31. The van der Waals surface area contributed by atoms with Gasteiger partial charge >= 0.3 is 0 Å². The van der Waals surface area contributed by atoms with Crippen LogP contribution >= 0.6 is 11.3 Å². The zero-order chi connectivity index (χ0) is 10.1. The van der Waals surface area contributed by atoms with E-state index in [2.05, 4.69) is 38.1 Å². The molecule has 0 spiro atoms. The van der Waals surface area contributed by atoms with Crippen molar-refractivity contribution in [2.45, 2.75) is 39.7 Å². The van der Waals surface area contributed by atoms with E-state index in [1.54, 1.807) is 11.3 Å². The molecule has 0 radical (unpaired) electrons. The largest absolute Gasteiger partial charge is 0.271 e. The normalized spacial score (nSPS) is 12.1. The Morgan fingerprint density at radius 3 is 2.46 bits per heavy atom. The Kier molecular flexibility index (Phi) is 3.05. The maximum atomic E-state index is 5.25. The number of thiazole rings is 1. The van der Waals surface area contributed by atoms with Gasteiger partial charge in [-0.3, -0.25) is 11.3 Å². The number of hydrogen-bond donors (Lipinski definition) is 2. The smallest absolute Gasteiger partial charge is 0.108 e. The molecule has 1 heterocycles. The Balaban J connectivity index is 2.96. The van der Waals surface area contributed by atoms with Crippen molar-refractivity contribution >= 4 is 11.3 Å². The van der Waals surface area contributed by atoms with Crippen LogP contribution in [-0.2, 0) is 12.0 Å². The molecular formula is C9H17N3S. The van der Waals surface area contributed by atoms with Gasteiger partial charge < -0.3 is 0 Å². The molecule has 0 atom stereocenters. The van der Waals surface area contributed by atoms with Gasteiger partial charge in [-0.25, -0.2) is 4.98 Å². The molecule has 0 aliphatic rings. The Bertz CT molecular complexity index is 286. The molecule has 1 aromatic rings. The van der Waals surface area contributed by atoms with Gasteiger partial charge in [-0.15, -0.1) is 11.3 Å².